The van der Waals surface area contributed by atoms with Gasteiger partial charge in [0.15, 0.2) is 24.8 Å². The lowest BCUT2D eigenvalue weighted by Gasteiger charge is -2.22. The number of fused-ring (bicyclic) bond motifs is 20. The van der Waals surface area contributed by atoms with Crippen molar-refractivity contribution in [1.29, 1.82) is 0 Å². The van der Waals surface area contributed by atoms with Crippen molar-refractivity contribution < 1.29 is 48.3 Å². The largest absolute Gasteiger partial charge is 0.455 e. The second-order valence-corrected chi connectivity index (χ2v) is 30.8. The third kappa shape index (κ3) is 12.5. The molecule has 0 spiro atoms. The van der Waals surface area contributed by atoms with E-state index in [9.17, 15) is 1.37 Å². The Morgan fingerprint density at radius 3 is 0.973 bits per heavy atom. The van der Waals surface area contributed by atoms with E-state index in [0.717, 1.165) is 186 Å². The highest BCUT2D eigenvalue weighted by Crippen LogP contribution is 2.48. The van der Waals surface area contributed by atoms with Gasteiger partial charge in [-0.25, -0.2) is 18.3 Å². The van der Waals surface area contributed by atoms with Gasteiger partial charge < -0.3 is 17.7 Å². The number of para-hydroxylation sites is 4. The minimum atomic E-state index is -2.42. The molecule has 1 atom stereocenters. The number of rotatable bonds is 7. The number of furan rings is 4. The first-order valence-electron chi connectivity index (χ1n) is 43.7. The molecule has 0 bridgehead atoms. The summed E-state index contributed by atoms with van der Waals surface area (Å²) in [6.45, 7) is 9.28. The highest BCUT2D eigenvalue weighted by Gasteiger charge is 2.31. The molecule has 0 radical (unpaired) electrons. The number of pyridine rings is 4. The Morgan fingerprint density at radius 2 is 0.646 bits per heavy atom. The van der Waals surface area contributed by atoms with Crippen LogP contribution in [0.4, 0.5) is 0 Å². The smallest absolute Gasteiger partial charge is 0.216 e. The first-order valence-corrected chi connectivity index (χ1v) is 39.2. The number of hydrogen-bond acceptors (Lipinski definition) is 4. The van der Waals surface area contributed by atoms with Crippen LogP contribution in [0.2, 0.25) is 0 Å². The summed E-state index contributed by atoms with van der Waals surface area (Å²) in [5, 5.41) is 18.6. The van der Waals surface area contributed by atoms with Gasteiger partial charge in [0.1, 0.15) is 72.9 Å². The minimum Gasteiger partial charge on any atom is -0.455 e. The second-order valence-electron chi connectivity index (χ2n) is 30.8. The van der Waals surface area contributed by atoms with Gasteiger partial charge in [-0.15, -0.1) is 0 Å². The third-order valence-corrected chi connectivity index (χ3v) is 23.6. The molecule has 1 fully saturated rings. The lowest BCUT2D eigenvalue weighted by Crippen LogP contribution is -2.31. The average Bonchev–Trinajstić information content (AvgIpc) is 1.55. The van der Waals surface area contributed by atoms with Gasteiger partial charge in [0, 0.05) is 102 Å². The molecule has 1 aliphatic rings. The SMILES string of the molecule is [2H]C(C)(C)c1ccc(-c2c(C)c3ccccc3c3c2oc2ccccc23)[n+](C)c1.[2H]C([2H])([2H])C([2H])(C)c1ccc(-c2c(C)c3ccccc3c3c2oc2ccccc23)[n+](C)c1.[2H]C([2H])([2H])c1ccc(-c2c(C)c3ccccc3c3c2oc2ccccc23)[n+](C)c1.[2H]C1(c2cc[n+](C)c(-c3c(C)c4ccccc4c4c3oc3ccccc34)c2)CCCCC1. The first-order chi connectivity index (χ1) is 58.4. The fourth-order valence-corrected chi connectivity index (χ4v) is 17.9. The average molecular weight is 1490 g/mol. The van der Waals surface area contributed by atoms with Crippen molar-refractivity contribution in [3.05, 3.63) is 312 Å². The highest BCUT2D eigenvalue weighted by molar-refractivity contribution is 6.27. The molecular weight excluding hydrogens is 1380 g/mol. The Labute approximate surface area is 672 Å². The predicted octanol–water partition coefficient (Wildman–Crippen LogP) is 26.8. The van der Waals surface area contributed by atoms with E-state index < -0.39 is 31.4 Å². The molecular formula is C105H96N4O4+4. The number of hydrogen-bond donors (Lipinski definition) is 0. The van der Waals surface area contributed by atoms with Crippen LogP contribution in [-0.2, 0) is 28.2 Å². The van der Waals surface area contributed by atoms with E-state index in [0.29, 0.717) is 11.1 Å². The van der Waals surface area contributed by atoms with Crippen molar-refractivity contribution in [3.63, 3.8) is 0 Å². The molecule has 113 heavy (non-hydrogen) atoms. The van der Waals surface area contributed by atoms with Gasteiger partial charge >= 0.3 is 0 Å². The number of benzene rings is 12. The van der Waals surface area contributed by atoms with Crippen molar-refractivity contribution in [3.8, 4) is 45.0 Å². The maximum atomic E-state index is 9.19. The Bertz CT molecular complexity index is 7400. The molecule has 12 aromatic carbocycles. The normalized spacial score (nSPS) is 15.1. The van der Waals surface area contributed by atoms with Gasteiger partial charge in [-0.05, 0) is 178 Å². The van der Waals surface area contributed by atoms with E-state index in [4.69, 9.17) is 28.6 Å². The van der Waals surface area contributed by atoms with Gasteiger partial charge in [-0.3, -0.25) is 0 Å². The fraction of sp³-hybridized carbons (Fsp3) is 0.200. The molecule has 20 aromatic rings. The van der Waals surface area contributed by atoms with E-state index in [1.54, 1.807) is 24.5 Å². The molecule has 0 saturated heterocycles. The minimum absolute atomic E-state index is 0.322. The molecule has 1 unspecified atom stereocenters. The van der Waals surface area contributed by atoms with E-state index >= 15 is 0 Å². The van der Waals surface area contributed by atoms with Crippen molar-refractivity contribution in [2.75, 3.05) is 0 Å². The number of aryl methyl sites for hydroxylation is 9. The maximum Gasteiger partial charge on any atom is 0.216 e. The molecule has 8 aromatic heterocycles. The lowest BCUT2D eigenvalue weighted by molar-refractivity contribution is -0.661. The fourth-order valence-electron chi connectivity index (χ4n) is 17.9. The highest BCUT2D eigenvalue weighted by atomic mass is 16.3. The van der Waals surface area contributed by atoms with Gasteiger partial charge in [-0.2, -0.15) is 0 Å². The Morgan fingerprint density at radius 1 is 0.336 bits per heavy atom. The van der Waals surface area contributed by atoms with Crippen LogP contribution >= 0.6 is 0 Å². The molecule has 556 valence electrons. The zero-order valence-electron chi connectivity index (χ0n) is 74.9. The van der Waals surface area contributed by atoms with Crippen molar-refractivity contribution in [2.24, 2.45) is 28.2 Å². The summed E-state index contributed by atoms with van der Waals surface area (Å²) in [4.78, 5) is 0. The molecule has 8 heteroatoms. The summed E-state index contributed by atoms with van der Waals surface area (Å²) in [7, 11) is 7.92. The van der Waals surface area contributed by atoms with Crippen LogP contribution in [0.15, 0.2) is 285 Å². The summed E-state index contributed by atoms with van der Waals surface area (Å²) in [5.41, 5.74) is 22.8. The summed E-state index contributed by atoms with van der Waals surface area (Å²) in [6.07, 6.45) is 13.0. The Hall–Kier alpha value is -12.5. The zero-order valence-corrected chi connectivity index (χ0v) is 65.9. The third-order valence-electron chi connectivity index (χ3n) is 23.6. The standard InChI is InChI=1S/C29H28NO.2C26H24NO.C24H20NO/c1-19-22-12-6-7-13-23(22)28-24-14-8-9-15-26(24)31-29(28)27(19)25-18-21(16-17-30(25)2)20-10-4-3-5-11-20;2*1-16(2)18-13-14-22(27(4)15-18)24-17(3)19-9-5-6-10-20(19)25-21-11-7-8-12-23(21)28-26(24)25;1-15-12-13-20(25(3)14-15)22-16(2)17-8-4-5-9-18(17)23-19-10-6-7-11-21(19)26-24(22)23/h6-9,12-18,20H,3-5,10-11H2,1-2H3;2*5-16H,1-4H3;4-14H,1-3H3/q4*+1/i20D;1D3,16D;16D;1D3. The quantitative estimate of drug-likeness (QED) is 0.149. The van der Waals surface area contributed by atoms with Crippen molar-refractivity contribution in [1.82, 2.24) is 0 Å². The van der Waals surface area contributed by atoms with E-state index in [1.807, 2.05) is 135 Å². The lowest BCUT2D eigenvalue weighted by atomic mass is 9.83. The summed E-state index contributed by atoms with van der Waals surface area (Å²) in [6, 6.07) is 82.4. The molecule has 8 heterocycles. The van der Waals surface area contributed by atoms with Crippen LogP contribution in [0, 0.1) is 34.5 Å². The van der Waals surface area contributed by atoms with E-state index in [1.165, 1.54) is 62.2 Å². The van der Waals surface area contributed by atoms with Crippen LogP contribution in [0.3, 0.4) is 0 Å². The summed E-state index contributed by atoms with van der Waals surface area (Å²) < 4.78 is 106. The topological polar surface area (TPSA) is 68.1 Å². The molecule has 1 saturated carbocycles. The molecule has 1 aliphatic carbocycles. The van der Waals surface area contributed by atoms with Gasteiger partial charge in [0.25, 0.3) is 0 Å². The Balaban J connectivity index is 0.000000111. The number of nitrogens with zero attached hydrogens (tertiary/aromatic N) is 4. The molecule has 0 aliphatic heterocycles. The van der Waals surface area contributed by atoms with Crippen LogP contribution in [0.25, 0.3) is 176 Å². The second kappa shape index (κ2) is 29.3. The molecule has 8 nitrogen and oxygen atoms in total. The predicted molar refractivity (Wildman–Crippen MR) is 469 cm³/mol. The van der Waals surface area contributed by atoms with Crippen LogP contribution in [0.5, 0.6) is 0 Å². The Kier molecular flexibility index (Phi) is 16.1. The van der Waals surface area contributed by atoms with E-state index in [-0.39, 0.29) is 0 Å². The molecule has 21 rings (SSSR count). The monoisotopic (exact) mass is 1490 g/mol. The van der Waals surface area contributed by atoms with Crippen LogP contribution < -0.4 is 18.3 Å². The molecule has 0 amide bonds. The number of aromatic nitrogens is 4. The summed E-state index contributed by atoms with van der Waals surface area (Å²) in [5.74, 6) is -2.82. The first kappa shape index (κ1) is 62.2. The van der Waals surface area contributed by atoms with Crippen molar-refractivity contribution in [2.45, 2.75) is 112 Å². The van der Waals surface area contributed by atoms with Crippen LogP contribution in [0.1, 0.15) is 134 Å². The maximum absolute atomic E-state index is 9.19. The van der Waals surface area contributed by atoms with Crippen molar-refractivity contribution >= 4 is 131 Å². The van der Waals surface area contributed by atoms with Gasteiger partial charge in [0.05, 0.1) is 22.3 Å². The zero-order chi connectivity index (χ0) is 85.4. The van der Waals surface area contributed by atoms with Gasteiger partial charge in [0.2, 0.25) is 22.8 Å². The molecule has 0 N–H and O–H groups in total. The van der Waals surface area contributed by atoms with Crippen LogP contribution in [-0.4, -0.2) is 0 Å². The van der Waals surface area contributed by atoms with E-state index in [2.05, 4.69) is 196 Å². The van der Waals surface area contributed by atoms with Gasteiger partial charge in [-0.1, -0.05) is 217 Å². The summed E-state index contributed by atoms with van der Waals surface area (Å²) >= 11 is 0.